The van der Waals surface area contributed by atoms with Crippen molar-refractivity contribution in [2.75, 3.05) is 7.11 Å². The van der Waals surface area contributed by atoms with Gasteiger partial charge in [-0.1, -0.05) is 42.5 Å². The Morgan fingerprint density at radius 1 is 1.24 bits per heavy atom. The SMILES string of the molecule is CC=C(NOC)C1=C(c2ccc3ccccc3c2)CC2CC(O)[C@@H]1S2. The molecule has 0 spiro atoms. The average molecular weight is 353 g/mol. The summed E-state index contributed by atoms with van der Waals surface area (Å²) in [5.74, 6) is 0. The van der Waals surface area contributed by atoms with Crippen molar-refractivity contribution in [3.8, 4) is 0 Å². The van der Waals surface area contributed by atoms with Crippen LogP contribution in [-0.4, -0.2) is 28.8 Å². The third-order valence-electron chi connectivity index (χ3n) is 5.12. The van der Waals surface area contributed by atoms with Gasteiger partial charge in [0.25, 0.3) is 0 Å². The van der Waals surface area contributed by atoms with E-state index in [0.717, 1.165) is 18.5 Å². The van der Waals surface area contributed by atoms with Crippen molar-refractivity contribution < 1.29 is 9.94 Å². The highest BCUT2D eigenvalue weighted by Gasteiger charge is 2.42. The lowest BCUT2D eigenvalue weighted by atomic mass is 9.91. The predicted molar refractivity (Wildman–Crippen MR) is 105 cm³/mol. The van der Waals surface area contributed by atoms with Crippen LogP contribution in [0.5, 0.6) is 0 Å². The topological polar surface area (TPSA) is 41.5 Å². The molecular weight excluding hydrogens is 330 g/mol. The zero-order valence-electron chi connectivity index (χ0n) is 14.5. The molecule has 4 rings (SSSR count). The molecule has 25 heavy (non-hydrogen) atoms. The quantitative estimate of drug-likeness (QED) is 0.805. The largest absolute Gasteiger partial charge is 0.392 e. The van der Waals surface area contributed by atoms with Gasteiger partial charge in [-0.2, -0.15) is 0 Å². The Balaban J connectivity index is 1.88. The van der Waals surface area contributed by atoms with Crippen LogP contribution in [0, 0.1) is 0 Å². The first-order chi connectivity index (χ1) is 12.2. The minimum Gasteiger partial charge on any atom is -0.392 e. The van der Waals surface area contributed by atoms with Crippen molar-refractivity contribution in [1.82, 2.24) is 5.48 Å². The zero-order chi connectivity index (χ0) is 17.4. The molecule has 2 aromatic rings. The minimum atomic E-state index is -0.295. The molecule has 3 nitrogen and oxygen atoms in total. The third-order valence-corrected chi connectivity index (χ3v) is 6.71. The number of hydrogen-bond donors (Lipinski definition) is 2. The maximum atomic E-state index is 10.6. The number of thioether (sulfide) groups is 1. The predicted octanol–water partition coefficient (Wildman–Crippen LogP) is 4.29. The fourth-order valence-electron chi connectivity index (χ4n) is 3.99. The Bertz CT molecular complexity index is 858. The van der Waals surface area contributed by atoms with Crippen molar-refractivity contribution in [3.63, 3.8) is 0 Å². The second-order valence-electron chi connectivity index (χ2n) is 6.65. The average Bonchev–Trinajstić information content (AvgIpc) is 2.94. The van der Waals surface area contributed by atoms with Crippen LogP contribution < -0.4 is 5.48 Å². The van der Waals surface area contributed by atoms with Crippen molar-refractivity contribution in [3.05, 3.63) is 65.4 Å². The number of benzene rings is 2. The number of allylic oxidation sites excluding steroid dienone is 3. The van der Waals surface area contributed by atoms with E-state index in [1.54, 1.807) is 7.11 Å². The van der Waals surface area contributed by atoms with Crippen LogP contribution in [-0.2, 0) is 4.84 Å². The van der Waals surface area contributed by atoms with Crippen LogP contribution in [0.1, 0.15) is 25.3 Å². The fourth-order valence-corrected chi connectivity index (χ4v) is 5.68. The lowest BCUT2D eigenvalue weighted by Crippen LogP contribution is -2.27. The highest BCUT2D eigenvalue weighted by atomic mass is 32.2. The van der Waals surface area contributed by atoms with Gasteiger partial charge in [0.2, 0.25) is 0 Å². The van der Waals surface area contributed by atoms with Crippen molar-refractivity contribution in [2.24, 2.45) is 0 Å². The smallest absolute Gasteiger partial charge is 0.0711 e. The summed E-state index contributed by atoms with van der Waals surface area (Å²) < 4.78 is 0. The van der Waals surface area contributed by atoms with Crippen molar-refractivity contribution >= 4 is 28.1 Å². The van der Waals surface area contributed by atoms with Gasteiger partial charge in [-0.25, -0.2) is 0 Å². The molecule has 2 N–H and O–H groups in total. The molecule has 0 aromatic heterocycles. The summed E-state index contributed by atoms with van der Waals surface area (Å²) in [4.78, 5) is 5.20. The van der Waals surface area contributed by atoms with E-state index >= 15 is 0 Å². The Hall–Kier alpha value is -1.75. The highest BCUT2D eigenvalue weighted by molar-refractivity contribution is 8.01. The molecule has 2 aromatic carbocycles. The lowest BCUT2D eigenvalue weighted by molar-refractivity contribution is 0.118. The Morgan fingerprint density at radius 3 is 2.80 bits per heavy atom. The molecule has 2 unspecified atom stereocenters. The van der Waals surface area contributed by atoms with E-state index in [1.165, 1.54) is 27.5 Å². The summed E-state index contributed by atoms with van der Waals surface area (Å²) in [6.07, 6.45) is 3.58. The van der Waals surface area contributed by atoms with Gasteiger partial charge in [0.15, 0.2) is 0 Å². The highest BCUT2D eigenvalue weighted by Crippen LogP contribution is 2.51. The molecule has 2 aliphatic rings. The molecule has 4 heteroatoms. The monoisotopic (exact) mass is 353 g/mol. The number of hydroxylamine groups is 1. The van der Waals surface area contributed by atoms with E-state index in [4.69, 9.17) is 4.84 Å². The van der Waals surface area contributed by atoms with E-state index in [2.05, 4.69) is 47.9 Å². The summed E-state index contributed by atoms with van der Waals surface area (Å²) >= 11 is 1.90. The van der Waals surface area contributed by atoms with E-state index in [9.17, 15) is 5.11 Å². The van der Waals surface area contributed by atoms with Crippen LogP contribution in [0.15, 0.2) is 59.8 Å². The maximum absolute atomic E-state index is 10.6. The van der Waals surface area contributed by atoms with Crippen LogP contribution in [0.25, 0.3) is 16.3 Å². The maximum Gasteiger partial charge on any atom is 0.0711 e. The number of nitrogens with one attached hydrogen (secondary N) is 1. The van der Waals surface area contributed by atoms with Gasteiger partial charge in [-0.05, 0) is 53.3 Å². The Labute approximate surface area is 152 Å². The standard InChI is InChI=1S/C21H23NO2S/c1-3-18(22-24-2)20-17(11-16-12-19(23)21(20)25-16)15-9-8-13-6-4-5-7-14(13)10-15/h3-10,16,19,21-23H,11-12H2,1-2H3/t16?,19?,21-/m0/s1. The lowest BCUT2D eigenvalue weighted by Gasteiger charge is -2.29. The van der Waals surface area contributed by atoms with Crippen LogP contribution in [0.2, 0.25) is 0 Å². The molecule has 3 atom stereocenters. The molecular formula is C21H23NO2S. The summed E-state index contributed by atoms with van der Waals surface area (Å²) in [6, 6.07) is 15.1. The van der Waals surface area contributed by atoms with Gasteiger partial charge >= 0.3 is 0 Å². The molecule has 130 valence electrons. The number of hydrogen-bond acceptors (Lipinski definition) is 4. The second-order valence-corrected chi connectivity index (χ2v) is 8.10. The number of aliphatic hydroxyl groups is 1. The Morgan fingerprint density at radius 2 is 2.04 bits per heavy atom. The molecule has 0 aliphatic carbocycles. The molecule has 1 fully saturated rings. The van der Waals surface area contributed by atoms with Gasteiger partial charge in [0.05, 0.1) is 24.2 Å². The molecule has 2 aliphatic heterocycles. The van der Waals surface area contributed by atoms with Gasteiger partial charge in [0.1, 0.15) is 0 Å². The number of rotatable bonds is 4. The van der Waals surface area contributed by atoms with Crippen molar-refractivity contribution in [1.29, 1.82) is 0 Å². The van der Waals surface area contributed by atoms with E-state index < -0.39 is 0 Å². The first-order valence-corrected chi connectivity index (χ1v) is 9.67. The molecule has 2 bridgehead atoms. The number of aliphatic hydroxyl groups excluding tert-OH is 1. The van der Waals surface area contributed by atoms with Crippen LogP contribution in [0.4, 0.5) is 0 Å². The van der Waals surface area contributed by atoms with E-state index in [0.29, 0.717) is 5.25 Å². The summed E-state index contributed by atoms with van der Waals surface area (Å²) in [5.41, 5.74) is 7.74. The molecule has 0 radical (unpaired) electrons. The molecule has 1 saturated heterocycles. The Kier molecular flexibility index (Phi) is 4.59. The fraction of sp³-hybridized carbons (Fsp3) is 0.333. The number of fused-ring (bicyclic) bond motifs is 3. The van der Waals surface area contributed by atoms with Gasteiger partial charge in [-0.3, -0.25) is 10.3 Å². The summed E-state index contributed by atoms with van der Waals surface area (Å²) in [5, 5.41) is 13.7. The normalized spacial score (nSPS) is 26.4. The first-order valence-electron chi connectivity index (χ1n) is 8.72. The van der Waals surface area contributed by atoms with Crippen LogP contribution >= 0.6 is 11.8 Å². The molecule has 0 saturated carbocycles. The summed E-state index contributed by atoms with van der Waals surface area (Å²) in [6.45, 7) is 2.00. The van der Waals surface area contributed by atoms with Gasteiger partial charge in [0, 0.05) is 5.25 Å². The van der Waals surface area contributed by atoms with Gasteiger partial charge in [-0.15, -0.1) is 11.8 Å². The molecule has 2 heterocycles. The van der Waals surface area contributed by atoms with Crippen molar-refractivity contribution in [2.45, 2.75) is 36.4 Å². The van der Waals surface area contributed by atoms with Crippen LogP contribution in [0.3, 0.4) is 0 Å². The van der Waals surface area contributed by atoms with Gasteiger partial charge < -0.3 is 5.11 Å². The third kappa shape index (κ3) is 2.99. The summed E-state index contributed by atoms with van der Waals surface area (Å²) in [7, 11) is 1.63. The van der Waals surface area contributed by atoms with E-state index in [1.807, 2.05) is 24.8 Å². The first kappa shape index (κ1) is 16.7. The minimum absolute atomic E-state index is 0.106. The van der Waals surface area contributed by atoms with E-state index in [-0.39, 0.29) is 11.4 Å². The second kappa shape index (κ2) is 6.87. The zero-order valence-corrected chi connectivity index (χ0v) is 15.3. The molecule has 0 amide bonds.